The number of benzene rings is 2. The molecule has 23 heavy (non-hydrogen) atoms. The van der Waals surface area contributed by atoms with Gasteiger partial charge in [-0.15, -0.1) is 0 Å². The number of amides is 2. The van der Waals surface area contributed by atoms with Gasteiger partial charge >= 0.3 is 6.03 Å². The molecule has 5 nitrogen and oxygen atoms in total. The summed E-state index contributed by atoms with van der Waals surface area (Å²) in [6.07, 6.45) is 1.75. The molecule has 2 N–H and O–H groups in total. The number of anilines is 3. The van der Waals surface area contributed by atoms with E-state index in [2.05, 4.69) is 15.6 Å². The smallest absolute Gasteiger partial charge is 0.323 e. The van der Waals surface area contributed by atoms with Gasteiger partial charge in [0.25, 0.3) is 0 Å². The number of hydrogen-bond donors (Lipinski definition) is 2. The van der Waals surface area contributed by atoms with Crippen molar-refractivity contribution in [3.05, 3.63) is 60.8 Å². The van der Waals surface area contributed by atoms with Crippen LogP contribution in [0, 0.1) is 0 Å². The van der Waals surface area contributed by atoms with Crippen molar-refractivity contribution in [1.29, 1.82) is 0 Å². The zero-order valence-electron chi connectivity index (χ0n) is 13.1. The molecule has 0 aliphatic rings. The molecule has 3 rings (SSSR count). The molecule has 116 valence electrons. The van der Waals surface area contributed by atoms with E-state index in [1.54, 1.807) is 6.20 Å². The van der Waals surface area contributed by atoms with E-state index in [1.807, 2.05) is 73.6 Å². The predicted molar refractivity (Wildman–Crippen MR) is 95.2 cm³/mol. The average Bonchev–Trinajstić information content (AvgIpc) is 2.55. The van der Waals surface area contributed by atoms with E-state index in [-0.39, 0.29) is 6.03 Å². The first-order valence-corrected chi connectivity index (χ1v) is 7.32. The van der Waals surface area contributed by atoms with Crippen molar-refractivity contribution in [2.45, 2.75) is 0 Å². The molecule has 2 amide bonds. The maximum atomic E-state index is 12.1. The third kappa shape index (κ3) is 3.58. The molecule has 0 aliphatic carbocycles. The standard InChI is InChI=1S/C18H18N4O/c1-22(2)16-7-3-6-14(12-16)20-18(23)21-15-8-9-17-13(11-15)5-4-10-19-17/h3-12H,1-2H3,(H2,20,21,23). The minimum Gasteiger partial charge on any atom is -0.378 e. The zero-order valence-corrected chi connectivity index (χ0v) is 13.1. The highest BCUT2D eigenvalue weighted by Crippen LogP contribution is 2.19. The molecule has 0 radical (unpaired) electrons. The first-order chi connectivity index (χ1) is 11.1. The summed E-state index contributed by atoms with van der Waals surface area (Å²) in [6.45, 7) is 0. The highest BCUT2D eigenvalue weighted by atomic mass is 16.2. The Morgan fingerprint density at radius 2 is 1.74 bits per heavy atom. The van der Waals surface area contributed by atoms with E-state index in [0.717, 1.165) is 28.0 Å². The first-order valence-electron chi connectivity index (χ1n) is 7.32. The van der Waals surface area contributed by atoms with Crippen molar-refractivity contribution in [3.63, 3.8) is 0 Å². The monoisotopic (exact) mass is 306 g/mol. The zero-order chi connectivity index (χ0) is 16.2. The topological polar surface area (TPSA) is 57.3 Å². The summed E-state index contributed by atoms with van der Waals surface area (Å²) in [6, 6.07) is 16.9. The van der Waals surface area contributed by atoms with Crippen LogP contribution in [0.25, 0.3) is 10.9 Å². The summed E-state index contributed by atoms with van der Waals surface area (Å²) >= 11 is 0. The van der Waals surface area contributed by atoms with Gasteiger partial charge < -0.3 is 15.5 Å². The molecule has 0 aliphatic heterocycles. The molecule has 0 unspecified atom stereocenters. The quantitative estimate of drug-likeness (QED) is 0.770. The maximum absolute atomic E-state index is 12.1. The minimum atomic E-state index is -0.274. The van der Waals surface area contributed by atoms with Crippen LogP contribution in [0.3, 0.4) is 0 Å². The summed E-state index contributed by atoms with van der Waals surface area (Å²) in [7, 11) is 3.92. The van der Waals surface area contributed by atoms with Gasteiger partial charge in [0.15, 0.2) is 0 Å². The van der Waals surface area contributed by atoms with Crippen LogP contribution in [0.4, 0.5) is 21.9 Å². The number of pyridine rings is 1. The number of hydrogen-bond acceptors (Lipinski definition) is 3. The van der Waals surface area contributed by atoms with Crippen molar-refractivity contribution >= 4 is 34.0 Å². The second-order valence-electron chi connectivity index (χ2n) is 5.43. The highest BCUT2D eigenvalue weighted by Gasteiger charge is 2.05. The lowest BCUT2D eigenvalue weighted by atomic mass is 10.2. The van der Waals surface area contributed by atoms with Gasteiger partial charge in [-0.05, 0) is 42.5 Å². The van der Waals surface area contributed by atoms with Crippen molar-refractivity contribution in [2.75, 3.05) is 29.6 Å². The Morgan fingerprint density at radius 1 is 0.957 bits per heavy atom. The highest BCUT2D eigenvalue weighted by molar-refractivity contribution is 6.01. The summed E-state index contributed by atoms with van der Waals surface area (Å²) in [5, 5.41) is 6.67. The minimum absolute atomic E-state index is 0.274. The van der Waals surface area contributed by atoms with Crippen molar-refractivity contribution in [3.8, 4) is 0 Å². The Kier molecular flexibility index (Phi) is 4.10. The fraction of sp³-hybridized carbons (Fsp3) is 0.111. The van der Waals surface area contributed by atoms with Crippen LogP contribution in [0.5, 0.6) is 0 Å². The third-order valence-electron chi connectivity index (χ3n) is 3.48. The Hall–Kier alpha value is -3.08. The molecule has 2 aromatic carbocycles. The second kappa shape index (κ2) is 6.36. The number of aromatic nitrogens is 1. The van der Waals surface area contributed by atoms with Gasteiger partial charge in [0, 0.05) is 42.7 Å². The molecule has 0 atom stereocenters. The van der Waals surface area contributed by atoms with Gasteiger partial charge in [-0.2, -0.15) is 0 Å². The Morgan fingerprint density at radius 3 is 2.52 bits per heavy atom. The number of nitrogens with zero attached hydrogens (tertiary/aromatic N) is 2. The van der Waals surface area contributed by atoms with Crippen LogP contribution in [0.2, 0.25) is 0 Å². The number of fused-ring (bicyclic) bond motifs is 1. The molecule has 5 heteroatoms. The van der Waals surface area contributed by atoms with E-state index in [1.165, 1.54) is 0 Å². The Bertz CT molecular complexity index is 845. The number of carbonyl (C=O) groups is 1. The van der Waals surface area contributed by atoms with Crippen molar-refractivity contribution < 1.29 is 4.79 Å². The summed E-state index contributed by atoms with van der Waals surface area (Å²) < 4.78 is 0. The van der Waals surface area contributed by atoms with Gasteiger partial charge in [-0.25, -0.2) is 4.79 Å². The first kappa shape index (κ1) is 14.8. The molecule has 0 saturated heterocycles. The lowest BCUT2D eigenvalue weighted by Gasteiger charge is -2.14. The van der Waals surface area contributed by atoms with Gasteiger partial charge in [0.2, 0.25) is 0 Å². The van der Waals surface area contributed by atoms with Gasteiger partial charge in [-0.3, -0.25) is 4.98 Å². The molecular formula is C18H18N4O. The van der Waals surface area contributed by atoms with E-state index in [4.69, 9.17) is 0 Å². The van der Waals surface area contributed by atoms with Gasteiger partial charge in [0.05, 0.1) is 5.52 Å². The molecule has 1 heterocycles. The van der Waals surface area contributed by atoms with E-state index < -0.39 is 0 Å². The summed E-state index contributed by atoms with van der Waals surface area (Å²) in [5.74, 6) is 0. The fourth-order valence-corrected chi connectivity index (χ4v) is 2.31. The van der Waals surface area contributed by atoms with Crippen molar-refractivity contribution in [2.24, 2.45) is 0 Å². The molecule has 0 bridgehead atoms. The molecular weight excluding hydrogens is 288 g/mol. The fourth-order valence-electron chi connectivity index (χ4n) is 2.31. The molecule has 0 spiro atoms. The average molecular weight is 306 g/mol. The van der Waals surface area contributed by atoms with Crippen LogP contribution in [-0.2, 0) is 0 Å². The Balaban J connectivity index is 1.72. The molecule has 3 aromatic rings. The SMILES string of the molecule is CN(C)c1cccc(NC(=O)Nc2ccc3ncccc3c2)c1. The largest absolute Gasteiger partial charge is 0.378 e. The summed E-state index contributed by atoms with van der Waals surface area (Å²) in [4.78, 5) is 18.4. The van der Waals surface area contributed by atoms with Crippen LogP contribution >= 0.6 is 0 Å². The number of rotatable bonds is 3. The lowest BCUT2D eigenvalue weighted by Crippen LogP contribution is -2.19. The normalized spacial score (nSPS) is 10.3. The molecule has 0 saturated carbocycles. The molecule has 0 fully saturated rings. The van der Waals surface area contributed by atoms with E-state index >= 15 is 0 Å². The second-order valence-corrected chi connectivity index (χ2v) is 5.43. The summed E-state index contributed by atoms with van der Waals surface area (Å²) in [5.41, 5.74) is 3.40. The number of nitrogens with one attached hydrogen (secondary N) is 2. The number of carbonyl (C=O) groups excluding carboxylic acids is 1. The third-order valence-corrected chi connectivity index (χ3v) is 3.48. The van der Waals surface area contributed by atoms with Crippen LogP contribution < -0.4 is 15.5 Å². The Labute approximate surface area is 135 Å². The van der Waals surface area contributed by atoms with Crippen LogP contribution in [0.15, 0.2) is 60.8 Å². The van der Waals surface area contributed by atoms with Crippen LogP contribution in [0.1, 0.15) is 0 Å². The lowest BCUT2D eigenvalue weighted by molar-refractivity contribution is 0.262. The predicted octanol–water partition coefficient (Wildman–Crippen LogP) is 3.94. The van der Waals surface area contributed by atoms with Crippen molar-refractivity contribution in [1.82, 2.24) is 4.98 Å². The maximum Gasteiger partial charge on any atom is 0.323 e. The van der Waals surface area contributed by atoms with E-state index in [9.17, 15) is 4.79 Å². The van der Waals surface area contributed by atoms with E-state index in [0.29, 0.717) is 0 Å². The molecule has 1 aromatic heterocycles. The van der Waals surface area contributed by atoms with Gasteiger partial charge in [-0.1, -0.05) is 12.1 Å². The number of urea groups is 1. The van der Waals surface area contributed by atoms with Crippen LogP contribution in [-0.4, -0.2) is 25.1 Å². The van der Waals surface area contributed by atoms with Gasteiger partial charge in [0.1, 0.15) is 0 Å².